The number of aliphatic hydroxyl groups excluding tert-OH is 1. The van der Waals surface area contributed by atoms with Gasteiger partial charge in [0.25, 0.3) is 5.91 Å². The molecule has 33 heavy (non-hydrogen) atoms. The zero-order valence-corrected chi connectivity index (χ0v) is 19.0. The second-order valence-electron chi connectivity index (χ2n) is 9.70. The lowest BCUT2D eigenvalue weighted by Gasteiger charge is -2.21. The summed E-state index contributed by atoms with van der Waals surface area (Å²) in [5, 5.41) is 19.8. The van der Waals surface area contributed by atoms with Crippen molar-refractivity contribution in [2.45, 2.75) is 39.3 Å². The zero-order valence-electron chi connectivity index (χ0n) is 19.0. The van der Waals surface area contributed by atoms with E-state index in [-0.39, 0.29) is 11.9 Å². The number of aryl methyl sites for hydroxylation is 2. The molecule has 3 aromatic rings. The van der Waals surface area contributed by atoms with Crippen molar-refractivity contribution in [1.82, 2.24) is 30.0 Å². The average Bonchev–Trinajstić information content (AvgIpc) is 3.36. The molecule has 0 bridgehead atoms. The molecule has 0 aromatic carbocycles. The second-order valence-corrected chi connectivity index (χ2v) is 9.70. The van der Waals surface area contributed by atoms with Crippen LogP contribution in [-0.2, 0) is 13.0 Å². The van der Waals surface area contributed by atoms with Crippen molar-refractivity contribution < 1.29 is 9.90 Å². The van der Waals surface area contributed by atoms with Crippen LogP contribution in [0.3, 0.4) is 0 Å². The van der Waals surface area contributed by atoms with E-state index in [4.69, 9.17) is 4.98 Å². The van der Waals surface area contributed by atoms with Gasteiger partial charge >= 0.3 is 0 Å². The molecule has 1 saturated carbocycles. The monoisotopic (exact) mass is 447 g/mol. The quantitative estimate of drug-likeness (QED) is 0.531. The molecule has 4 atom stereocenters. The summed E-state index contributed by atoms with van der Waals surface area (Å²) in [6, 6.07) is 4.13. The third-order valence-electron chi connectivity index (χ3n) is 7.73. The molecule has 1 amide bonds. The smallest absolute Gasteiger partial charge is 0.272 e. The molecule has 9 nitrogen and oxygen atoms in total. The van der Waals surface area contributed by atoms with Crippen molar-refractivity contribution in [3.05, 3.63) is 58.6 Å². The molecule has 2 fully saturated rings. The molecule has 1 unspecified atom stereocenters. The Balaban J connectivity index is 1.09. The van der Waals surface area contributed by atoms with Gasteiger partial charge in [-0.1, -0.05) is 6.07 Å². The first kappa shape index (κ1) is 20.4. The van der Waals surface area contributed by atoms with Crippen molar-refractivity contribution in [2.24, 2.45) is 17.8 Å². The standard InChI is InChI=1S/C24H29N7O2/c1-13-15(3-6-22(26-13)31-8-17-18(9-31)19(17)11-32)7-30-10-21(25-12-30)24(33)27-20-5-4-16-14(2)28-29-23(16)20/h3,6,10,12,17-20,32H,4-5,7-9,11H2,1-2H3,(H,27,33)(H,28,29)/t17-,18+,19?,20-/m1/s1. The normalized spacial score (nSPS) is 25.2. The number of fused-ring (bicyclic) bond motifs is 2. The van der Waals surface area contributed by atoms with Crippen LogP contribution in [0.4, 0.5) is 5.82 Å². The number of anilines is 1. The summed E-state index contributed by atoms with van der Waals surface area (Å²) in [6.45, 7) is 6.94. The molecule has 4 heterocycles. The number of carbonyl (C=O) groups excluding carboxylic acids is 1. The Morgan fingerprint density at radius 2 is 2.09 bits per heavy atom. The fourth-order valence-electron chi connectivity index (χ4n) is 5.66. The van der Waals surface area contributed by atoms with Gasteiger partial charge in [0.05, 0.1) is 24.6 Å². The second kappa shape index (κ2) is 7.69. The summed E-state index contributed by atoms with van der Waals surface area (Å²) in [5.74, 6) is 2.58. The maximum atomic E-state index is 12.8. The van der Waals surface area contributed by atoms with E-state index < -0.39 is 0 Å². The minimum absolute atomic E-state index is 0.0640. The minimum Gasteiger partial charge on any atom is -0.396 e. The fourth-order valence-corrected chi connectivity index (χ4v) is 5.66. The topological polar surface area (TPSA) is 112 Å². The SMILES string of the molecule is Cc1nc(N2C[C@@H]3C(CO)[C@@H]3C2)ccc1Cn1cnc(C(=O)N[C@@H]2CCc3c2n[nH]c3C)c1. The van der Waals surface area contributed by atoms with E-state index in [1.165, 1.54) is 5.56 Å². The van der Waals surface area contributed by atoms with Gasteiger partial charge in [0.2, 0.25) is 0 Å². The Kier molecular flexibility index (Phi) is 4.76. The number of nitrogens with zero attached hydrogens (tertiary/aromatic N) is 5. The first-order valence-corrected chi connectivity index (χ1v) is 11.7. The maximum Gasteiger partial charge on any atom is 0.272 e. The van der Waals surface area contributed by atoms with Gasteiger partial charge < -0.3 is 19.9 Å². The molecular weight excluding hydrogens is 418 g/mol. The third kappa shape index (κ3) is 3.51. The molecule has 3 aromatic heterocycles. The van der Waals surface area contributed by atoms with E-state index in [1.807, 2.05) is 18.4 Å². The Bertz CT molecular complexity index is 1200. The number of aromatic amines is 1. The zero-order chi connectivity index (χ0) is 22.7. The Labute approximate surface area is 192 Å². The van der Waals surface area contributed by atoms with Crippen molar-refractivity contribution in [1.29, 1.82) is 0 Å². The van der Waals surface area contributed by atoms with Gasteiger partial charge in [-0.25, -0.2) is 9.97 Å². The average molecular weight is 448 g/mol. The molecular formula is C24H29N7O2. The highest BCUT2D eigenvalue weighted by molar-refractivity contribution is 5.92. The van der Waals surface area contributed by atoms with Crippen molar-refractivity contribution in [2.75, 3.05) is 24.6 Å². The number of carbonyl (C=O) groups is 1. The lowest BCUT2D eigenvalue weighted by molar-refractivity contribution is 0.0931. The summed E-state index contributed by atoms with van der Waals surface area (Å²) in [5.41, 5.74) is 5.75. The Morgan fingerprint density at radius 3 is 2.85 bits per heavy atom. The summed E-state index contributed by atoms with van der Waals surface area (Å²) >= 11 is 0. The lowest BCUT2D eigenvalue weighted by Crippen LogP contribution is -2.27. The van der Waals surface area contributed by atoms with Crippen molar-refractivity contribution in [3.63, 3.8) is 0 Å². The number of nitrogens with one attached hydrogen (secondary N) is 2. The van der Waals surface area contributed by atoms with Gasteiger partial charge in [-0.05, 0) is 61.6 Å². The first-order chi connectivity index (χ1) is 16.0. The van der Waals surface area contributed by atoms with E-state index in [1.54, 1.807) is 12.5 Å². The number of aromatic nitrogens is 5. The van der Waals surface area contributed by atoms with E-state index in [9.17, 15) is 9.90 Å². The van der Waals surface area contributed by atoms with Gasteiger partial charge in [-0.2, -0.15) is 5.10 Å². The van der Waals surface area contributed by atoms with Crippen LogP contribution < -0.4 is 10.2 Å². The number of aliphatic hydroxyl groups is 1. The molecule has 6 rings (SSSR count). The molecule has 0 radical (unpaired) electrons. The number of hydrogen-bond donors (Lipinski definition) is 3. The molecule has 3 aliphatic rings. The maximum absolute atomic E-state index is 12.8. The van der Waals surface area contributed by atoms with Crippen LogP contribution >= 0.6 is 0 Å². The molecule has 9 heteroatoms. The molecule has 1 aliphatic heterocycles. The number of imidazole rings is 1. The number of piperidine rings is 1. The summed E-state index contributed by atoms with van der Waals surface area (Å²) < 4.78 is 1.92. The van der Waals surface area contributed by atoms with E-state index in [0.717, 1.165) is 54.4 Å². The number of H-pyrrole nitrogens is 1. The highest BCUT2D eigenvalue weighted by atomic mass is 16.3. The van der Waals surface area contributed by atoms with Crippen LogP contribution in [-0.4, -0.2) is 55.4 Å². The fraction of sp³-hybridized carbons (Fsp3) is 0.500. The van der Waals surface area contributed by atoms with Crippen LogP contribution in [0.1, 0.15) is 51.2 Å². The van der Waals surface area contributed by atoms with E-state index in [0.29, 0.717) is 36.6 Å². The van der Waals surface area contributed by atoms with E-state index in [2.05, 4.69) is 37.5 Å². The molecule has 3 N–H and O–H groups in total. The van der Waals surface area contributed by atoms with Gasteiger partial charge in [-0.15, -0.1) is 0 Å². The van der Waals surface area contributed by atoms with Crippen LogP contribution in [0.25, 0.3) is 0 Å². The van der Waals surface area contributed by atoms with Crippen LogP contribution in [0.2, 0.25) is 0 Å². The van der Waals surface area contributed by atoms with Gasteiger partial charge in [0, 0.05) is 37.3 Å². The van der Waals surface area contributed by atoms with Crippen molar-refractivity contribution >= 4 is 11.7 Å². The van der Waals surface area contributed by atoms with Crippen LogP contribution in [0.5, 0.6) is 0 Å². The largest absolute Gasteiger partial charge is 0.396 e. The minimum atomic E-state index is -0.175. The molecule has 172 valence electrons. The van der Waals surface area contributed by atoms with Gasteiger partial charge in [-0.3, -0.25) is 9.89 Å². The van der Waals surface area contributed by atoms with Gasteiger partial charge in [0.15, 0.2) is 0 Å². The highest BCUT2D eigenvalue weighted by Gasteiger charge is 2.55. The number of pyridine rings is 1. The van der Waals surface area contributed by atoms with Crippen LogP contribution in [0, 0.1) is 31.6 Å². The Hall–Kier alpha value is -3.20. The number of rotatable bonds is 6. The summed E-state index contributed by atoms with van der Waals surface area (Å²) in [6.07, 6.45) is 5.29. The predicted molar refractivity (Wildman–Crippen MR) is 122 cm³/mol. The summed E-state index contributed by atoms with van der Waals surface area (Å²) in [7, 11) is 0. The summed E-state index contributed by atoms with van der Waals surface area (Å²) in [4.78, 5) is 24.2. The third-order valence-corrected chi connectivity index (χ3v) is 7.73. The Morgan fingerprint density at radius 1 is 1.27 bits per heavy atom. The van der Waals surface area contributed by atoms with Gasteiger partial charge in [0.1, 0.15) is 11.5 Å². The highest BCUT2D eigenvalue weighted by Crippen LogP contribution is 2.51. The number of hydrogen-bond acceptors (Lipinski definition) is 6. The molecule has 1 saturated heterocycles. The lowest BCUT2D eigenvalue weighted by atomic mass is 10.2. The molecule has 2 aliphatic carbocycles. The van der Waals surface area contributed by atoms with E-state index >= 15 is 0 Å². The molecule has 0 spiro atoms. The number of amides is 1. The first-order valence-electron chi connectivity index (χ1n) is 11.7. The van der Waals surface area contributed by atoms with Crippen molar-refractivity contribution in [3.8, 4) is 0 Å². The van der Waals surface area contributed by atoms with Crippen LogP contribution in [0.15, 0.2) is 24.7 Å². The predicted octanol–water partition coefficient (Wildman–Crippen LogP) is 1.76.